The van der Waals surface area contributed by atoms with Crippen LogP contribution in [0.1, 0.15) is 26.3 Å². The Morgan fingerprint density at radius 2 is 2.06 bits per heavy atom. The van der Waals surface area contributed by atoms with E-state index in [1.54, 1.807) is 0 Å². The Morgan fingerprint density at radius 3 is 2.76 bits per heavy atom. The number of aromatic nitrogens is 2. The minimum Gasteiger partial charge on any atom is -0.312 e. The van der Waals surface area contributed by atoms with E-state index in [1.165, 1.54) is 16.5 Å². The second-order valence-electron chi connectivity index (χ2n) is 5.54. The van der Waals surface area contributed by atoms with Crippen molar-refractivity contribution in [2.24, 2.45) is 7.05 Å². The highest BCUT2D eigenvalue weighted by molar-refractivity contribution is 5.82. The molecule has 0 spiro atoms. The summed E-state index contributed by atoms with van der Waals surface area (Å²) in [6.07, 6.45) is 3.00. The SMILES string of the molecule is Cn1ncc2c(CCNC(C)(C)C)cccc21. The fourth-order valence-electron chi connectivity index (χ4n) is 2.03. The lowest BCUT2D eigenvalue weighted by Gasteiger charge is -2.20. The lowest BCUT2D eigenvalue weighted by molar-refractivity contribution is 0.430. The molecule has 3 nitrogen and oxygen atoms in total. The fraction of sp³-hybridized carbons (Fsp3) is 0.500. The van der Waals surface area contributed by atoms with Crippen molar-refractivity contribution in [3.05, 3.63) is 30.0 Å². The van der Waals surface area contributed by atoms with Crippen LogP contribution in [0.15, 0.2) is 24.4 Å². The van der Waals surface area contributed by atoms with Crippen molar-refractivity contribution in [1.82, 2.24) is 15.1 Å². The van der Waals surface area contributed by atoms with Crippen molar-refractivity contribution >= 4 is 10.9 Å². The molecule has 1 heterocycles. The predicted molar refractivity (Wildman–Crippen MR) is 72.2 cm³/mol. The number of nitrogens with one attached hydrogen (secondary N) is 1. The zero-order chi connectivity index (χ0) is 12.5. The fourth-order valence-corrected chi connectivity index (χ4v) is 2.03. The van der Waals surface area contributed by atoms with E-state index >= 15 is 0 Å². The van der Waals surface area contributed by atoms with Crippen molar-refractivity contribution in [3.8, 4) is 0 Å². The second kappa shape index (κ2) is 4.49. The molecule has 0 fully saturated rings. The number of rotatable bonds is 3. The van der Waals surface area contributed by atoms with E-state index in [-0.39, 0.29) is 5.54 Å². The maximum absolute atomic E-state index is 4.31. The molecule has 2 aromatic rings. The van der Waals surface area contributed by atoms with Gasteiger partial charge in [0, 0.05) is 18.0 Å². The van der Waals surface area contributed by atoms with Gasteiger partial charge < -0.3 is 5.32 Å². The molecule has 0 amide bonds. The lowest BCUT2D eigenvalue weighted by atomic mass is 10.1. The molecule has 0 aliphatic rings. The van der Waals surface area contributed by atoms with Crippen molar-refractivity contribution in [2.45, 2.75) is 32.7 Å². The monoisotopic (exact) mass is 231 g/mol. The third-order valence-electron chi connectivity index (χ3n) is 2.93. The van der Waals surface area contributed by atoms with E-state index < -0.39 is 0 Å². The average Bonchev–Trinajstić information content (AvgIpc) is 2.60. The molecule has 2 rings (SSSR count). The van der Waals surface area contributed by atoms with E-state index in [9.17, 15) is 0 Å². The summed E-state index contributed by atoms with van der Waals surface area (Å²) in [5.41, 5.74) is 2.76. The molecule has 0 atom stereocenters. The topological polar surface area (TPSA) is 29.9 Å². The molecule has 1 aromatic heterocycles. The van der Waals surface area contributed by atoms with Crippen LogP contribution >= 0.6 is 0 Å². The number of hydrogen-bond acceptors (Lipinski definition) is 2. The first kappa shape index (κ1) is 12.1. The molecule has 1 aromatic carbocycles. The number of nitrogens with zero attached hydrogens (tertiary/aromatic N) is 2. The zero-order valence-corrected chi connectivity index (χ0v) is 11.1. The summed E-state index contributed by atoms with van der Waals surface area (Å²) in [5, 5.41) is 9.09. The van der Waals surface area contributed by atoms with Gasteiger partial charge in [-0.2, -0.15) is 5.10 Å². The maximum Gasteiger partial charge on any atom is 0.0681 e. The van der Waals surface area contributed by atoms with Gasteiger partial charge in [0.15, 0.2) is 0 Å². The largest absolute Gasteiger partial charge is 0.312 e. The average molecular weight is 231 g/mol. The van der Waals surface area contributed by atoms with Crippen molar-refractivity contribution in [2.75, 3.05) is 6.54 Å². The van der Waals surface area contributed by atoms with Crippen molar-refractivity contribution in [1.29, 1.82) is 0 Å². The molecule has 0 saturated heterocycles. The third kappa shape index (κ3) is 2.86. The highest BCUT2D eigenvalue weighted by Gasteiger charge is 2.09. The van der Waals surface area contributed by atoms with Crippen LogP contribution in [0.5, 0.6) is 0 Å². The smallest absolute Gasteiger partial charge is 0.0681 e. The van der Waals surface area contributed by atoms with Crippen LogP contribution in [0.4, 0.5) is 0 Å². The van der Waals surface area contributed by atoms with E-state index in [0.717, 1.165) is 13.0 Å². The minimum absolute atomic E-state index is 0.183. The van der Waals surface area contributed by atoms with Gasteiger partial charge in [-0.3, -0.25) is 4.68 Å². The van der Waals surface area contributed by atoms with E-state index in [4.69, 9.17) is 0 Å². The molecule has 92 valence electrons. The Kier molecular flexibility index (Phi) is 3.20. The van der Waals surface area contributed by atoms with Gasteiger partial charge in [0.1, 0.15) is 0 Å². The zero-order valence-electron chi connectivity index (χ0n) is 11.1. The number of hydrogen-bond donors (Lipinski definition) is 1. The Labute approximate surface area is 103 Å². The van der Waals surface area contributed by atoms with Gasteiger partial charge in [-0.05, 0) is 45.4 Å². The van der Waals surface area contributed by atoms with Gasteiger partial charge in [-0.15, -0.1) is 0 Å². The second-order valence-corrected chi connectivity index (χ2v) is 5.54. The van der Waals surface area contributed by atoms with E-state index in [0.29, 0.717) is 0 Å². The summed E-state index contributed by atoms with van der Waals surface area (Å²) in [5.74, 6) is 0. The molecule has 0 unspecified atom stereocenters. The Balaban J connectivity index is 2.14. The number of benzene rings is 1. The molecular weight excluding hydrogens is 210 g/mol. The molecule has 3 heteroatoms. The highest BCUT2D eigenvalue weighted by Crippen LogP contribution is 2.18. The molecular formula is C14H21N3. The van der Waals surface area contributed by atoms with E-state index in [2.05, 4.69) is 49.4 Å². The van der Waals surface area contributed by atoms with Crippen LogP contribution in [-0.2, 0) is 13.5 Å². The molecule has 1 N–H and O–H groups in total. The van der Waals surface area contributed by atoms with Gasteiger partial charge in [-0.25, -0.2) is 0 Å². The quantitative estimate of drug-likeness (QED) is 0.879. The van der Waals surface area contributed by atoms with Gasteiger partial charge >= 0.3 is 0 Å². The van der Waals surface area contributed by atoms with Crippen LogP contribution in [0.3, 0.4) is 0 Å². The normalized spacial score (nSPS) is 12.2. The van der Waals surface area contributed by atoms with Crippen LogP contribution in [0.2, 0.25) is 0 Å². The first-order valence-electron chi connectivity index (χ1n) is 6.12. The Bertz CT molecular complexity index is 506. The molecule has 0 aliphatic carbocycles. The summed E-state index contributed by atoms with van der Waals surface area (Å²) in [7, 11) is 1.99. The highest BCUT2D eigenvalue weighted by atomic mass is 15.2. The van der Waals surface area contributed by atoms with Gasteiger partial charge in [0.2, 0.25) is 0 Å². The summed E-state index contributed by atoms with van der Waals surface area (Å²) in [6, 6.07) is 6.41. The summed E-state index contributed by atoms with van der Waals surface area (Å²) < 4.78 is 1.93. The Hall–Kier alpha value is -1.35. The molecule has 0 bridgehead atoms. The van der Waals surface area contributed by atoms with Crippen LogP contribution < -0.4 is 5.32 Å². The molecule has 0 saturated carbocycles. The first-order valence-corrected chi connectivity index (χ1v) is 6.12. The van der Waals surface area contributed by atoms with Gasteiger partial charge in [0.25, 0.3) is 0 Å². The summed E-state index contributed by atoms with van der Waals surface area (Å²) in [6.45, 7) is 7.57. The summed E-state index contributed by atoms with van der Waals surface area (Å²) in [4.78, 5) is 0. The lowest BCUT2D eigenvalue weighted by Crippen LogP contribution is -2.37. The standard InChI is InChI=1S/C14H21N3/c1-14(2,3)15-9-8-11-6-5-7-13-12(11)10-16-17(13)4/h5-7,10,15H,8-9H2,1-4H3. The minimum atomic E-state index is 0.183. The predicted octanol–water partition coefficient (Wildman–Crippen LogP) is 2.50. The first-order chi connectivity index (χ1) is 7.97. The van der Waals surface area contributed by atoms with E-state index in [1.807, 2.05) is 17.9 Å². The van der Waals surface area contributed by atoms with Crippen LogP contribution in [0, 0.1) is 0 Å². The van der Waals surface area contributed by atoms with Crippen molar-refractivity contribution in [3.63, 3.8) is 0 Å². The Morgan fingerprint density at radius 1 is 1.29 bits per heavy atom. The summed E-state index contributed by atoms with van der Waals surface area (Å²) >= 11 is 0. The van der Waals surface area contributed by atoms with Gasteiger partial charge in [-0.1, -0.05) is 12.1 Å². The van der Waals surface area contributed by atoms with Crippen molar-refractivity contribution < 1.29 is 0 Å². The van der Waals surface area contributed by atoms with Crippen LogP contribution in [-0.4, -0.2) is 21.9 Å². The molecule has 0 radical (unpaired) electrons. The maximum atomic E-state index is 4.31. The van der Waals surface area contributed by atoms with Crippen LogP contribution in [0.25, 0.3) is 10.9 Å². The molecule has 17 heavy (non-hydrogen) atoms. The van der Waals surface area contributed by atoms with Gasteiger partial charge in [0.05, 0.1) is 11.7 Å². The number of fused-ring (bicyclic) bond motifs is 1. The number of aryl methyl sites for hydroxylation is 1. The molecule has 0 aliphatic heterocycles. The third-order valence-corrected chi connectivity index (χ3v) is 2.93.